The first kappa shape index (κ1) is 26.2. The van der Waals surface area contributed by atoms with Gasteiger partial charge in [-0.3, -0.25) is 14.4 Å². The molecule has 178 valence electrons. The van der Waals surface area contributed by atoms with Crippen LogP contribution in [-0.2, 0) is 25.5 Å². The quantitative estimate of drug-likeness (QED) is 0.461. The number of rotatable bonds is 8. The number of carbonyl (C=O) groups excluding carboxylic acids is 3. The summed E-state index contributed by atoms with van der Waals surface area (Å²) >= 11 is 5.93. The molecule has 0 aromatic heterocycles. The Balaban J connectivity index is 2.06. The predicted octanol–water partition coefficient (Wildman–Crippen LogP) is 4.24. The van der Waals surface area contributed by atoms with Crippen LogP contribution in [0.15, 0.2) is 24.3 Å². The second-order valence-corrected chi connectivity index (χ2v) is 10.8. The number of nitrogens with zero attached hydrogens (tertiary/aromatic N) is 1. The minimum absolute atomic E-state index is 0.0483. The van der Waals surface area contributed by atoms with E-state index in [1.54, 1.807) is 20.8 Å². The van der Waals surface area contributed by atoms with Crippen LogP contribution in [0, 0.1) is 16.7 Å². The number of ether oxygens (including phenoxy) is 1. The molecule has 1 aromatic carbocycles. The monoisotopic (exact) mass is 464 g/mol. The number of halogens is 1. The number of amides is 2. The summed E-state index contributed by atoms with van der Waals surface area (Å²) in [5.74, 6) is -0.717. The first-order chi connectivity index (χ1) is 14.8. The molecule has 0 aliphatic carbocycles. The van der Waals surface area contributed by atoms with Crippen molar-refractivity contribution in [3.63, 3.8) is 0 Å². The maximum Gasteiger partial charge on any atom is 0.321 e. The van der Waals surface area contributed by atoms with Crippen molar-refractivity contribution >= 4 is 29.4 Å². The molecule has 0 bridgehead atoms. The Morgan fingerprint density at radius 2 is 1.72 bits per heavy atom. The SMILES string of the molecule is CCOC(=O)C(C)(C)C(=O)N[C@@H]1CN(C(=O)CCc2ccc(Cl)cc2)C[C@H]1CC(C)(C)C. The Kier molecular flexibility index (Phi) is 8.74. The van der Waals surface area contributed by atoms with E-state index < -0.39 is 11.4 Å². The molecular formula is C25H37ClN2O4. The van der Waals surface area contributed by atoms with Crippen molar-refractivity contribution in [3.8, 4) is 0 Å². The highest BCUT2D eigenvalue weighted by molar-refractivity contribution is 6.30. The predicted molar refractivity (Wildman–Crippen MR) is 126 cm³/mol. The fourth-order valence-corrected chi connectivity index (χ4v) is 4.17. The van der Waals surface area contributed by atoms with Crippen LogP contribution in [0.4, 0.5) is 0 Å². The molecule has 1 N–H and O–H groups in total. The molecule has 1 heterocycles. The van der Waals surface area contributed by atoms with Gasteiger partial charge in [-0.1, -0.05) is 44.5 Å². The first-order valence-corrected chi connectivity index (χ1v) is 11.7. The normalized spacial score (nSPS) is 19.0. The molecule has 2 amide bonds. The molecule has 2 atom stereocenters. The van der Waals surface area contributed by atoms with Crippen molar-refractivity contribution in [2.75, 3.05) is 19.7 Å². The van der Waals surface area contributed by atoms with Crippen LogP contribution in [0.2, 0.25) is 5.02 Å². The maximum absolute atomic E-state index is 12.9. The molecular weight excluding hydrogens is 428 g/mol. The van der Waals surface area contributed by atoms with Crippen LogP contribution in [-0.4, -0.2) is 48.4 Å². The van der Waals surface area contributed by atoms with Gasteiger partial charge in [-0.05, 0) is 62.6 Å². The second kappa shape index (κ2) is 10.7. The molecule has 1 saturated heterocycles. The lowest BCUT2D eigenvalue weighted by Gasteiger charge is -2.29. The van der Waals surface area contributed by atoms with E-state index in [4.69, 9.17) is 16.3 Å². The van der Waals surface area contributed by atoms with Gasteiger partial charge in [0.15, 0.2) is 0 Å². The summed E-state index contributed by atoms with van der Waals surface area (Å²) in [5, 5.41) is 3.72. The summed E-state index contributed by atoms with van der Waals surface area (Å²) in [5.41, 5.74) is -0.171. The minimum Gasteiger partial charge on any atom is -0.465 e. The zero-order valence-electron chi connectivity index (χ0n) is 20.2. The van der Waals surface area contributed by atoms with Gasteiger partial charge in [-0.25, -0.2) is 0 Å². The summed E-state index contributed by atoms with van der Waals surface area (Å²) in [6, 6.07) is 7.32. The Morgan fingerprint density at radius 1 is 1.09 bits per heavy atom. The topological polar surface area (TPSA) is 75.7 Å². The smallest absolute Gasteiger partial charge is 0.321 e. The Morgan fingerprint density at radius 3 is 2.28 bits per heavy atom. The van der Waals surface area contributed by atoms with E-state index in [2.05, 4.69) is 26.1 Å². The number of nitrogens with one attached hydrogen (secondary N) is 1. The van der Waals surface area contributed by atoms with E-state index in [9.17, 15) is 14.4 Å². The lowest BCUT2D eigenvalue weighted by molar-refractivity contribution is -0.159. The summed E-state index contributed by atoms with van der Waals surface area (Å²) in [4.78, 5) is 40.0. The number of esters is 1. The Labute approximate surface area is 197 Å². The van der Waals surface area contributed by atoms with E-state index in [0.29, 0.717) is 31.0 Å². The minimum atomic E-state index is -1.28. The zero-order chi connectivity index (χ0) is 24.1. The van der Waals surface area contributed by atoms with E-state index in [-0.39, 0.29) is 35.8 Å². The van der Waals surface area contributed by atoms with Crippen molar-refractivity contribution in [2.24, 2.45) is 16.7 Å². The number of carbonyl (C=O) groups is 3. The van der Waals surface area contributed by atoms with Gasteiger partial charge in [0.1, 0.15) is 5.41 Å². The van der Waals surface area contributed by atoms with E-state index in [0.717, 1.165) is 12.0 Å². The van der Waals surface area contributed by atoms with Crippen LogP contribution in [0.25, 0.3) is 0 Å². The molecule has 1 aromatic rings. The molecule has 1 fully saturated rings. The molecule has 0 spiro atoms. The van der Waals surface area contributed by atoms with Crippen molar-refractivity contribution < 1.29 is 19.1 Å². The molecule has 6 nitrogen and oxygen atoms in total. The van der Waals surface area contributed by atoms with Gasteiger partial charge in [-0.2, -0.15) is 0 Å². The third-order valence-electron chi connectivity index (χ3n) is 5.88. The molecule has 32 heavy (non-hydrogen) atoms. The average molecular weight is 465 g/mol. The summed E-state index contributed by atoms with van der Waals surface area (Å²) in [6.07, 6.45) is 1.90. The van der Waals surface area contributed by atoms with Crippen LogP contribution < -0.4 is 5.32 Å². The highest BCUT2D eigenvalue weighted by atomic mass is 35.5. The lowest BCUT2D eigenvalue weighted by atomic mass is 9.82. The molecule has 0 radical (unpaired) electrons. The molecule has 1 aliphatic rings. The van der Waals surface area contributed by atoms with E-state index in [1.807, 2.05) is 29.2 Å². The number of benzene rings is 1. The van der Waals surface area contributed by atoms with Crippen LogP contribution in [0.1, 0.15) is 59.9 Å². The van der Waals surface area contributed by atoms with Crippen molar-refractivity contribution in [1.82, 2.24) is 10.2 Å². The van der Waals surface area contributed by atoms with Gasteiger partial charge >= 0.3 is 5.97 Å². The number of hydrogen-bond acceptors (Lipinski definition) is 4. The van der Waals surface area contributed by atoms with Crippen molar-refractivity contribution in [2.45, 2.75) is 66.8 Å². The lowest BCUT2D eigenvalue weighted by Crippen LogP contribution is -2.50. The third-order valence-corrected chi connectivity index (χ3v) is 6.13. The third kappa shape index (κ3) is 7.22. The van der Waals surface area contributed by atoms with Gasteiger partial charge in [0.2, 0.25) is 11.8 Å². The Bertz CT molecular complexity index is 814. The molecule has 0 saturated carbocycles. The van der Waals surface area contributed by atoms with Gasteiger partial charge in [0.05, 0.1) is 12.6 Å². The van der Waals surface area contributed by atoms with Gasteiger partial charge in [0.25, 0.3) is 0 Å². The highest BCUT2D eigenvalue weighted by Gasteiger charge is 2.43. The van der Waals surface area contributed by atoms with E-state index in [1.165, 1.54) is 0 Å². The van der Waals surface area contributed by atoms with E-state index >= 15 is 0 Å². The van der Waals surface area contributed by atoms with Gasteiger partial charge in [-0.15, -0.1) is 0 Å². The number of hydrogen-bond donors (Lipinski definition) is 1. The first-order valence-electron chi connectivity index (χ1n) is 11.3. The largest absolute Gasteiger partial charge is 0.465 e. The maximum atomic E-state index is 12.9. The van der Waals surface area contributed by atoms with Crippen molar-refractivity contribution in [3.05, 3.63) is 34.9 Å². The summed E-state index contributed by atoms with van der Waals surface area (Å²) in [7, 11) is 0. The van der Waals surface area contributed by atoms with Gasteiger partial charge < -0.3 is 15.0 Å². The average Bonchev–Trinajstić information content (AvgIpc) is 3.08. The standard InChI is InChI=1S/C25H37ClN2O4/c1-7-32-23(31)25(5,6)22(30)27-20-16-28(15-18(20)14-24(2,3)4)21(29)13-10-17-8-11-19(26)12-9-17/h8-9,11-12,18,20H,7,10,13-16H2,1-6H3,(H,27,30)/t18-,20-/m1/s1. The molecule has 1 aliphatic heterocycles. The molecule has 0 unspecified atom stereocenters. The Hall–Kier alpha value is -2.08. The van der Waals surface area contributed by atoms with Crippen LogP contribution >= 0.6 is 11.6 Å². The summed E-state index contributed by atoms with van der Waals surface area (Å²) in [6.45, 7) is 12.6. The number of likely N-dealkylation sites (tertiary alicyclic amines) is 1. The molecule has 7 heteroatoms. The fraction of sp³-hybridized carbons (Fsp3) is 0.640. The fourth-order valence-electron chi connectivity index (χ4n) is 4.05. The van der Waals surface area contributed by atoms with Gasteiger partial charge in [0, 0.05) is 24.5 Å². The number of aryl methyl sites for hydroxylation is 1. The van der Waals surface area contributed by atoms with Crippen LogP contribution in [0.3, 0.4) is 0 Å². The molecule has 2 rings (SSSR count). The van der Waals surface area contributed by atoms with Crippen LogP contribution in [0.5, 0.6) is 0 Å². The zero-order valence-corrected chi connectivity index (χ0v) is 20.9. The summed E-state index contributed by atoms with van der Waals surface area (Å²) < 4.78 is 5.07. The van der Waals surface area contributed by atoms with Crippen molar-refractivity contribution in [1.29, 1.82) is 0 Å². The second-order valence-electron chi connectivity index (χ2n) is 10.4. The highest BCUT2D eigenvalue weighted by Crippen LogP contribution is 2.32.